The van der Waals surface area contributed by atoms with Gasteiger partial charge in [-0.2, -0.15) is 0 Å². The molecular formula is C19H27N3O. The molecule has 2 atom stereocenters. The van der Waals surface area contributed by atoms with Crippen molar-refractivity contribution in [2.45, 2.75) is 50.6 Å². The van der Waals surface area contributed by atoms with Crippen molar-refractivity contribution in [2.24, 2.45) is 0 Å². The highest BCUT2D eigenvalue weighted by atomic mass is 16.2. The lowest BCUT2D eigenvalue weighted by Gasteiger charge is -2.28. The van der Waals surface area contributed by atoms with Gasteiger partial charge in [0.25, 0.3) is 0 Å². The van der Waals surface area contributed by atoms with E-state index >= 15 is 0 Å². The molecule has 0 aromatic heterocycles. The van der Waals surface area contributed by atoms with Crippen LogP contribution in [0.4, 0.5) is 4.79 Å². The van der Waals surface area contributed by atoms with Crippen molar-refractivity contribution in [3.8, 4) is 0 Å². The molecule has 4 nitrogen and oxygen atoms in total. The van der Waals surface area contributed by atoms with Gasteiger partial charge >= 0.3 is 6.03 Å². The summed E-state index contributed by atoms with van der Waals surface area (Å²) in [5, 5.41) is 3.28. The zero-order chi connectivity index (χ0) is 15.6. The summed E-state index contributed by atoms with van der Waals surface area (Å²) in [6.07, 6.45) is 6.91. The number of carbonyl (C=O) groups excluding carboxylic acids is 1. The van der Waals surface area contributed by atoms with Gasteiger partial charge in [0.15, 0.2) is 0 Å². The van der Waals surface area contributed by atoms with Crippen LogP contribution in [0.2, 0.25) is 0 Å². The third kappa shape index (κ3) is 3.23. The first-order chi connectivity index (χ1) is 11.3. The van der Waals surface area contributed by atoms with E-state index in [1.165, 1.54) is 37.1 Å². The fourth-order valence-corrected chi connectivity index (χ4v) is 4.42. The Bertz CT molecular complexity index is 567. The Labute approximate surface area is 138 Å². The van der Waals surface area contributed by atoms with Crippen molar-refractivity contribution in [2.75, 3.05) is 26.2 Å². The molecule has 0 bridgehead atoms. The van der Waals surface area contributed by atoms with Crippen LogP contribution in [0, 0.1) is 0 Å². The number of nitrogens with zero attached hydrogens (tertiary/aromatic N) is 2. The predicted octanol–water partition coefficient (Wildman–Crippen LogP) is 2.42. The number of likely N-dealkylation sites (tertiary alicyclic amines) is 2. The second-order valence-corrected chi connectivity index (χ2v) is 7.29. The monoisotopic (exact) mass is 313 g/mol. The van der Waals surface area contributed by atoms with Crippen molar-refractivity contribution in [1.82, 2.24) is 15.1 Å². The van der Waals surface area contributed by atoms with Gasteiger partial charge in [0, 0.05) is 25.2 Å². The van der Waals surface area contributed by atoms with E-state index in [1.807, 2.05) is 4.90 Å². The lowest BCUT2D eigenvalue weighted by molar-refractivity contribution is 0.194. The second kappa shape index (κ2) is 6.52. The van der Waals surface area contributed by atoms with E-state index in [4.69, 9.17) is 0 Å². The minimum Gasteiger partial charge on any atom is -0.335 e. The molecule has 2 fully saturated rings. The van der Waals surface area contributed by atoms with E-state index in [9.17, 15) is 4.79 Å². The quantitative estimate of drug-likeness (QED) is 0.910. The van der Waals surface area contributed by atoms with Gasteiger partial charge in [-0.15, -0.1) is 0 Å². The molecule has 0 radical (unpaired) electrons. The molecule has 4 heteroatoms. The average Bonchev–Trinajstić information content (AvgIpc) is 3.26. The first-order valence-electron chi connectivity index (χ1n) is 9.16. The molecule has 2 aliphatic heterocycles. The van der Waals surface area contributed by atoms with Crippen molar-refractivity contribution in [3.05, 3.63) is 35.4 Å². The molecule has 0 saturated carbocycles. The number of hydrogen-bond donors (Lipinski definition) is 1. The van der Waals surface area contributed by atoms with Crippen LogP contribution < -0.4 is 5.32 Å². The van der Waals surface area contributed by atoms with Crippen LogP contribution in [0.15, 0.2) is 24.3 Å². The Balaban J connectivity index is 1.31. The van der Waals surface area contributed by atoms with E-state index in [0.717, 1.165) is 38.8 Å². The number of nitrogens with one attached hydrogen (secondary N) is 1. The van der Waals surface area contributed by atoms with E-state index in [2.05, 4.69) is 34.5 Å². The number of hydrogen-bond acceptors (Lipinski definition) is 2. The van der Waals surface area contributed by atoms with Crippen LogP contribution >= 0.6 is 0 Å². The maximum Gasteiger partial charge on any atom is 0.317 e. The molecule has 0 unspecified atom stereocenters. The zero-order valence-electron chi connectivity index (χ0n) is 13.8. The van der Waals surface area contributed by atoms with Crippen LogP contribution in [-0.2, 0) is 12.8 Å². The Hall–Kier alpha value is -1.55. The molecule has 0 spiro atoms. The highest BCUT2D eigenvalue weighted by molar-refractivity contribution is 5.75. The standard InChI is InChI=1S/C19H27N3O/c23-19(22-12-9-18(14-22)21-10-3-4-11-21)20-17-8-7-15-5-1-2-6-16(15)13-17/h1-2,5-6,17-18H,3-4,7-14H2,(H,20,23)/t17-,18+/m0/s1. The van der Waals surface area contributed by atoms with Crippen molar-refractivity contribution in [3.63, 3.8) is 0 Å². The molecule has 1 aliphatic carbocycles. The topological polar surface area (TPSA) is 35.6 Å². The van der Waals surface area contributed by atoms with Gasteiger partial charge in [-0.3, -0.25) is 4.90 Å². The van der Waals surface area contributed by atoms with Crippen LogP contribution in [0.25, 0.3) is 0 Å². The summed E-state index contributed by atoms with van der Waals surface area (Å²) < 4.78 is 0. The average molecular weight is 313 g/mol. The molecule has 23 heavy (non-hydrogen) atoms. The van der Waals surface area contributed by atoms with Crippen molar-refractivity contribution >= 4 is 6.03 Å². The first kappa shape index (κ1) is 15.0. The van der Waals surface area contributed by atoms with Crippen LogP contribution in [0.3, 0.4) is 0 Å². The maximum absolute atomic E-state index is 12.6. The summed E-state index contributed by atoms with van der Waals surface area (Å²) >= 11 is 0. The summed E-state index contributed by atoms with van der Waals surface area (Å²) in [6, 6.07) is 9.67. The summed E-state index contributed by atoms with van der Waals surface area (Å²) in [6.45, 7) is 4.27. The Morgan fingerprint density at radius 1 is 1.04 bits per heavy atom. The second-order valence-electron chi connectivity index (χ2n) is 7.29. The molecule has 2 amide bonds. The summed E-state index contributed by atoms with van der Waals surface area (Å²) in [5.74, 6) is 0. The van der Waals surface area contributed by atoms with Gasteiger partial charge < -0.3 is 10.2 Å². The molecule has 4 rings (SSSR count). The zero-order valence-corrected chi connectivity index (χ0v) is 13.8. The summed E-state index contributed by atoms with van der Waals surface area (Å²) in [5.41, 5.74) is 2.86. The Morgan fingerprint density at radius 3 is 2.65 bits per heavy atom. The largest absolute Gasteiger partial charge is 0.335 e. The minimum atomic E-state index is 0.149. The SMILES string of the molecule is O=C(N[C@H]1CCc2ccccc2C1)N1CC[C@@H](N2CCCC2)C1. The van der Waals surface area contributed by atoms with Gasteiger partial charge in [-0.1, -0.05) is 24.3 Å². The fraction of sp³-hybridized carbons (Fsp3) is 0.632. The van der Waals surface area contributed by atoms with Gasteiger partial charge in [0.1, 0.15) is 0 Å². The number of benzene rings is 1. The molecule has 3 aliphatic rings. The van der Waals surface area contributed by atoms with Crippen LogP contribution in [0.1, 0.15) is 36.8 Å². The third-order valence-electron chi connectivity index (χ3n) is 5.78. The third-order valence-corrected chi connectivity index (χ3v) is 5.78. The smallest absolute Gasteiger partial charge is 0.317 e. The number of fused-ring (bicyclic) bond motifs is 1. The van der Waals surface area contributed by atoms with E-state index < -0.39 is 0 Å². The number of rotatable bonds is 2. The fourth-order valence-electron chi connectivity index (χ4n) is 4.42. The normalized spacial score (nSPS) is 27.9. The first-order valence-corrected chi connectivity index (χ1v) is 9.16. The number of amides is 2. The van der Waals surface area contributed by atoms with Crippen molar-refractivity contribution < 1.29 is 4.79 Å². The highest BCUT2D eigenvalue weighted by Gasteiger charge is 2.32. The van der Waals surface area contributed by atoms with Crippen LogP contribution in [-0.4, -0.2) is 54.1 Å². The Kier molecular flexibility index (Phi) is 4.25. The van der Waals surface area contributed by atoms with Gasteiger partial charge in [0.2, 0.25) is 0 Å². The molecule has 2 saturated heterocycles. The predicted molar refractivity (Wildman–Crippen MR) is 91.6 cm³/mol. The minimum absolute atomic E-state index is 0.149. The number of aryl methyl sites for hydroxylation is 1. The number of carbonyl (C=O) groups is 1. The lowest BCUT2D eigenvalue weighted by atomic mass is 9.88. The van der Waals surface area contributed by atoms with Gasteiger partial charge in [-0.05, 0) is 62.7 Å². The summed E-state index contributed by atoms with van der Waals surface area (Å²) in [7, 11) is 0. The Morgan fingerprint density at radius 2 is 1.83 bits per heavy atom. The van der Waals surface area contributed by atoms with Crippen molar-refractivity contribution in [1.29, 1.82) is 0 Å². The molecule has 1 aromatic carbocycles. The maximum atomic E-state index is 12.6. The summed E-state index contributed by atoms with van der Waals surface area (Å²) in [4.78, 5) is 17.2. The molecular weight excluding hydrogens is 286 g/mol. The highest BCUT2D eigenvalue weighted by Crippen LogP contribution is 2.23. The van der Waals surface area contributed by atoms with E-state index in [-0.39, 0.29) is 6.03 Å². The molecule has 124 valence electrons. The molecule has 1 N–H and O–H groups in total. The molecule has 2 heterocycles. The molecule has 1 aromatic rings. The van der Waals surface area contributed by atoms with Crippen LogP contribution in [0.5, 0.6) is 0 Å². The van der Waals surface area contributed by atoms with Gasteiger partial charge in [0.05, 0.1) is 0 Å². The lowest BCUT2D eigenvalue weighted by Crippen LogP contribution is -2.47. The van der Waals surface area contributed by atoms with E-state index in [1.54, 1.807) is 0 Å². The van der Waals surface area contributed by atoms with Gasteiger partial charge in [-0.25, -0.2) is 4.79 Å². The number of urea groups is 1. The van der Waals surface area contributed by atoms with E-state index in [0.29, 0.717) is 12.1 Å².